The molecule has 0 fully saturated rings. The van der Waals surface area contributed by atoms with Crippen molar-refractivity contribution >= 4 is 5.69 Å². The molecule has 2 heterocycles. The second-order valence-corrected chi connectivity index (χ2v) is 9.87. The fourth-order valence-electron chi connectivity index (χ4n) is 4.90. The Morgan fingerprint density at radius 1 is 0.861 bits per heavy atom. The van der Waals surface area contributed by atoms with Crippen LogP contribution >= 0.6 is 0 Å². The van der Waals surface area contributed by atoms with Crippen molar-refractivity contribution in [3.8, 4) is 11.5 Å². The average Bonchev–Trinajstić information content (AvgIpc) is 2.93. The molecule has 0 N–H and O–H groups in total. The van der Waals surface area contributed by atoms with Gasteiger partial charge in [-0.05, 0) is 66.6 Å². The third-order valence-electron chi connectivity index (χ3n) is 7.19. The monoisotopic (exact) mass is 478 g/mol. The zero-order valence-electron chi connectivity index (χ0n) is 21.4. The van der Waals surface area contributed by atoms with Gasteiger partial charge in [-0.1, -0.05) is 62.9 Å². The van der Waals surface area contributed by atoms with Gasteiger partial charge in [-0.2, -0.15) is 0 Å². The maximum Gasteiger partial charge on any atom is 0.161 e. The van der Waals surface area contributed by atoms with Gasteiger partial charge in [0.25, 0.3) is 0 Å². The highest BCUT2D eigenvalue weighted by atomic mass is 16.5. The van der Waals surface area contributed by atoms with E-state index in [-0.39, 0.29) is 5.41 Å². The maximum atomic E-state index is 6.10. The van der Waals surface area contributed by atoms with E-state index < -0.39 is 0 Å². The molecule has 0 aromatic heterocycles. The van der Waals surface area contributed by atoms with Gasteiger partial charge in [-0.3, -0.25) is 0 Å². The van der Waals surface area contributed by atoms with Crippen LogP contribution in [0.15, 0.2) is 103 Å². The standard InChI is InChI=1S/C32H34N2O2/c1-5-7-11-28(6-2)33-20-24-18-26(14-16-30(24)35-22-33)32(3,4)27-15-17-31-25(19-27)21-34(23-36-31)29-12-9-8-10-13-29/h5-19H,2,20-23H2,1,3-4H3/b7-5-,28-11+. The summed E-state index contributed by atoms with van der Waals surface area (Å²) >= 11 is 0. The lowest BCUT2D eigenvalue weighted by Gasteiger charge is -2.34. The van der Waals surface area contributed by atoms with Crippen molar-refractivity contribution in [1.29, 1.82) is 0 Å². The number of hydrogen-bond donors (Lipinski definition) is 0. The zero-order valence-corrected chi connectivity index (χ0v) is 21.4. The lowest BCUT2D eigenvalue weighted by Crippen LogP contribution is -2.32. The van der Waals surface area contributed by atoms with Gasteiger partial charge >= 0.3 is 0 Å². The van der Waals surface area contributed by atoms with E-state index in [4.69, 9.17) is 9.47 Å². The number of benzene rings is 3. The number of nitrogens with zero attached hydrogens (tertiary/aromatic N) is 2. The first kappa shape index (κ1) is 23.8. The Balaban J connectivity index is 1.41. The molecule has 4 heteroatoms. The second-order valence-electron chi connectivity index (χ2n) is 9.87. The first-order valence-electron chi connectivity index (χ1n) is 12.5. The molecule has 0 saturated heterocycles. The highest BCUT2D eigenvalue weighted by Crippen LogP contribution is 2.39. The van der Waals surface area contributed by atoms with E-state index in [1.807, 2.05) is 31.2 Å². The van der Waals surface area contributed by atoms with Gasteiger partial charge in [0.05, 0.1) is 0 Å². The summed E-state index contributed by atoms with van der Waals surface area (Å²) in [6.07, 6.45) is 8.01. The molecule has 4 nitrogen and oxygen atoms in total. The largest absolute Gasteiger partial charge is 0.473 e. The summed E-state index contributed by atoms with van der Waals surface area (Å²) in [5, 5.41) is 0. The Hall–Kier alpha value is -3.92. The molecular formula is C32H34N2O2. The van der Waals surface area contributed by atoms with E-state index in [1.165, 1.54) is 27.9 Å². The van der Waals surface area contributed by atoms with E-state index in [9.17, 15) is 0 Å². The van der Waals surface area contributed by atoms with Crippen molar-refractivity contribution in [3.05, 3.63) is 126 Å². The molecule has 3 aromatic rings. The van der Waals surface area contributed by atoms with Crippen LogP contribution in [0.5, 0.6) is 11.5 Å². The van der Waals surface area contributed by atoms with Gasteiger partial charge in [0.1, 0.15) is 11.5 Å². The van der Waals surface area contributed by atoms with Gasteiger partial charge in [0.15, 0.2) is 13.5 Å². The number of rotatable bonds is 6. The Bertz CT molecular complexity index is 1310. The van der Waals surface area contributed by atoms with E-state index >= 15 is 0 Å². The Morgan fingerprint density at radius 3 is 2.14 bits per heavy atom. The third-order valence-corrected chi connectivity index (χ3v) is 7.19. The summed E-state index contributed by atoms with van der Waals surface area (Å²) in [6, 6.07) is 23.7. The summed E-state index contributed by atoms with van der Waals surface area (Å²) in [4.78, 5) is 4.48. The summed E-state index contributed by atoms with van der Waals surface area (Å²) < 4.78 is 12.2. The van der Waals surface area contributed by atoms with Gasteiger partial charge < -0.3 is 19.3 Å². The van der Waals surface area contributed by atoms with Crippen LogP contribution in [0.2, 0.25) is 0 Å². The number of allylic oxidation sites excluding steroid dienone is 4. The van der Waals surface area contributed by atoms with Crippen molar-refractivity contribution < 1.29 is 9.47 Å². The van der Waals surface area contributed by atoms with Crippen molar-refractivity contribution in [2.24, 2.45) is 0 Å². The molecule has 5 rings (SSSR count). The molecule has 2 aliphatic heterocycles. The van der Waals surface area contributed by atoms with E-state index in [0.717, 1.165) is 30.3 Å². The van der Waals surface area contributed by atoms with Crippen molar-refractivity contribution in [3.63, 3.8) is 0 Å². The molecular weight excluding hydrogens is 444 g/mol. The predicted octanol–water partition coefficient (Wildman–Crippen LogP) is 7.17. The normalized spacial score (nSPS) is 15.7. The summed E-state index contributed by atoms with van der Waals surface area (Å²) in [6.45, 7) is 13.3. The van der Waals surface area contributed by atoms with Crippen LogP contribution < -0.4 is 14.4 Å². The molecule has 2 aliphatic rings. The van der Waals surface area contributed by atoms with Crippen LogP contribution in [0.3, 0.4) is 0 Å². The molecule has 0 spiro atoms. The zero-order chi connectivity index (χ0) is 25.1. The SMILES string of the molecule is C=C/C(=C\C=C/C)N1COc2ccc(C(C)(C)c3ccc4c(c3)CN(c3ccccc3)CO4)cc2C1. The van der Waals surface area contributed by atoms with Crippen LogP contribution in [0.25, 0.3) is 0 Å². The van der Waals surface area contributed by atoms with Crippen LogP contribution in [0.4, 0.5) is 5.69 Å². The Morgan fingerprint density at radius 2 is 1.50 bits per heavy atom. The molecule has 0 unspecified atom stereocenters. The quantitative estimate of drug-likeness (QED) is 0.351. The molecule has 0 aliphatic carbocycles. The Kier molecular flexibility index (Phi) is 6.60. The molecule has 36 heavy (non-hydrogen) atoms. The number of fused-ring (bicyclic) bond motifs is 2. The van der Waals surface area contributed by atoms with Crippen molar-refractivity contribution in [2.45, 2.75) is 39.3 Å². The molecule has 0 saturated carbocycles. The van der Waals surface area contributed by atoms with Crippen molar-refractivity contribution in [2.75, 3.05) is 18.4 Å². The summed E-state index contributed by atoms with van der Waals surface area (Å²) in [7, 11) is 0. The van der Waals surface area contributed by atoms with Crippen molar-refractivity contribution in [1.82, 2.24) is 4.90 Å². The van der Waals surface area contributed by atoms with E-state index in [2.05, 4.69) is 97.0 Å². The predicted molar refractivity (Wildman–Crippen MR) is 147 cm³/mol. The highest BCUT2D eigenvalue weighted by Gasteiger charge is 2.28. The number of hydrogen-bond acceptors (Lipinski definition) is 4. The number of anilines is 1. The minimum absolute atomic E-state index is 0.177. The fourth-order valence-corrected chi connectivity index (χ4v) is 4.90. The second kappa shape index (κ2) is 9.98. The minimum atomic E-state index is -0.177. The smallest absolute Gasteiger partial charge is 0.161 e. The fraction of sp³-hybridized carbons (Fsp3) is 0.250. The molecule has 184 valence electrons. The lowest BCUT2D eigenvalue weighted by atomic mass is 9.77. The third kappa shape index (κ3) is 4.64. The average molecular weight is 479 g/mol. The highest BCUT2D eigenvalue weighted by molar-refractivity contribution is 5.52. The first-order chi connectivity index (χ1) is 17.5. The van der Waals surface area contributed by atoms with Crippen LogP contribution in [0, 0.1) is 0 Å². The molecule has 3 aromatic carbocycles. The van der Waals surface area contributed by atoms with Crippen LogP contribution in [-0.2, 0) is 18.5 Å². The lowest BCUT2D eigenvalue weighted by molar-refractivity contribution is 0.132. The van der Waals surface area contributed by atoms with E-state index in [0.29, 0.717) is 13.5 Å². The minimum Gasteiger partial charge on any atom is -0.473 e. The maximum absolute atomic E-state index is 6.10. The van der Waals surface area contributed by atoms with Crippen LogP contribution in [-0.4, -0.2) is 18.4 Å². The molecule has 0 amide bonds. The molecule has 0 atom stereocenters. The van der Waals surface area contributed by atoms with Crippen LogP contribution in [0.1, 0.15) is 43.0 Å². The van der Waals surface area contributed by atoms with E-state index in [1.54, 1.807) is 0 Å². The molecule has 0 bridgehead atoms. The summed E-state index contributed by atoms with van der Waals surface area (Å²) in [5.74, 6) is 1.93. The summed E-state index contributed by atoms with van der Waals surface area (Å²) in [5.41, 5.74) is 7.00. The van der Waals surface area contributed by atoms with Gasteiger partial charge in [0.2, 0.25) is 0 Å². The first-order valence-corrected chi connectivity index (χ1v) is 12.5. The number of ether oxygens (including phenoxy) is 2. The van der Waals surface area contributed by atoms with Gasteiger partial charge in [-0.15, -0.1) is 0 Å². The molecule has 0 radical (unpaired) electrons. The Labute approximate surface area is 214 Å². The van der Waals surface area contributed by atoms with Gasteiger partial charge in [-0.25, -0.2) is 0 Å². The topological polar surface area (TPSA) is 24.9 Å². The van der Waals surface area contributed by atoms with Gasteiger partial charge in [0, 0.05) is 41.0 Å². The number of para-hydroxylation sites is 1.